The first-order chi connectivity index (χ1) is 9.10. The Bertz CT molecular complexity index is 551. The second kappa shape index (κ2) is 4.67. The van der Waals surface area contributed by atoms with Crippen LogP contribution in [-0.2, 0) is 4.74 Å². The Morgan fingerprint density at radius 1 is 1.42 bits per heavy atom. The van der Waals surface area contributed by atoms with Crippen molar-refractivity contribution < 1.29 is 14.9 Å². The summed E-state index contributed by atoms with van der Waals surface area (Å²) in [4.78, 5) is 18.8. The number of ether oxygens (including phenoxy) is 1. The standard InChI is InChI=1S/C10H14N4O4S/c1-19-10-13-7-5(8(17)14-10)11-4-6(16)3(15)2-18-9(4)12-7/h3-4,6,9,11,15-16H,2H2,1H3,(H2,12,13,14,17)/t3-,4-,6-,9+/m0/s1. The topological polar surface area (TPSA) is 120 Å². The maximum Gasteiger partial charge on any atom is 0.277 e. The minimum absolute atomic E-state index is 0.0327. The molecule has 2 aliphatic heterocycles. The molecule has 0 saturated carbocycles. The Morgan fingerprint density at radius 3 is 2.95 bits per heavy atom. The lowest BCUT2D eigenvalue weighted by Gasteiger charge is -2.42. The van der Waals surface area contributed by atoms with E-state index in [-0.39, 0.29) is 17.9 Å². The van der Waals surface area contributed by atoms with Gasteiger partial charge in [0.25, 0.3) is 5.56 Å². The van der Waals surface area contributed by atoms with Crippen LogP contribution in [0.2, 0.25) is 0 Å². The highest BCUT2D eigenvalue weighted by molar-refractivity contribution is 7.98. The summed E-state index contributed by atoms with van der Waals surface area (Å²) >= 11 is 1.32. The number of aliphatic hydroxyl groups is 2. The van der Waals surface area contributed by atoms with E-state index in [9.17, 15) is 15.0 Å². The van der Waals surface area contributed by atoms with E-state index >= 15 is 0 Å². The second-order valence-electron chi connectivity index (χ2n) is 4.43. The average molecular weight is 286 g/mol. The van der Waals surface area contributed by atoms with Gasteiger partial charge in [-0.3, -0.25) is 9.78 Å². The van der Waals surface area contributed by atoms with Crippen LogP contribution < -0.4 is 16.2 Å². The zero-order valence-electron chi connectivity index (χ0n) is 10.1. The number of rotatable bonds is 1. The summed E-state index contributed by atoms with van der Waals surface area (Å²) in [5, 5.41) is 25.8. The van der Waals surface area contributed by atoms with Crippen LogP contribution in [0, 0.1) is 0 Å². The van der Waals surface area contributed by atoms with Gasteiger partial charge < -0.3 is 25.6 Å². The number of hydrogen-bond donors (Lipinski definition) is 5. The van der Waals surface area contributed by atoms with Gasteiger partial charge in [-0.2, -0.15) is 0 Å². The van der Waals surface area contributed by atoms with E-state index in [4.69, 9.17) is 4.74 Å². The molecule has 5 N–H and O–H groups in total. The third-order valence-corrected chi connectivity index (χ3v) is 3.80. The lowest BCUT2D eigenvalue weighted by molar-refractivity contribution is -0.121. The van der Waals surface area contributed by atoms with E-state index in [0.29, 0.717) is 11.0 Å². The molecule has 104 valence electrons. The quantitative estimate of drug-likeness (QED) is 0.322. The van der Waals surface area contributed by atoms with Crippen LogP contribution in [0.3, 0.4) is 0 Å². The van der Waals surface area contributed by atoms with Crippen molar-refractivity contribution in [2.24, 2.45) is 0 Å². The van der Waals surface area contributed by atoms with Gasteiger partial charge >= 0.3 is 0 Å². The molecule has 8 nitrogen and oxygen atoms in total. The van der Waals surface area contributed by atoms with Gasteiger partial charge in [0.15, 0.2) is 17.2 Å². The Labute approximate surface area is 112 Å². The summed E-state index contributed by atoms with van der Waals surface area (Å²) in [5.74, 6) is 0.387. The molecule has 0 amide bonds. The molecule has 1 aromatic heterocycles. The largest absolute Gasteiger partial charge is 0.388 e. The van der Waals surface area contributed by atoms with Gasteiger partial charge in [-0.25, -0.2) is 4.98 Å². The van der Waals surface area contributed by atoms with Gasteiger partial charge in [-0.1, -0.05) is 11.8 Å². The zero-order chi connectivity index (χ0) is 13.6. The molecular weight excluding hydrogens is 272 g/mol. The van der Waals surface area contributed by atoms with Crippen molar-refractivity contribution in [3.63, 3.8) is 0 Å². The fourth-order valence-corrected chi connectivity index (χ4v) is 2.58. The highest BCUT2D eigenvalue weighted by Crippen LogP contribution is 2.29. The Kier molecular flexibility index (Phi) is 3.13. The number of nitrogens with one attached hydrogen (secondary N) is 3. The molecular formula is C10H14N4O4S. The van der Waals surface area contributed by atoms with Gasteiger partial charge in [0.1, 0.15) is 17.9 Å². The van der Waals surface area contributed by atoms with Crippen LogP contribution in [0.5, 0.6) is 0 Å². The smallest absolute Gasteiger partial charge is 0.277 e. The first-order valence-corrected chi connectivity index (χ1v) is 7.01. The fraction of sp³-hybridized carbons (Fsp3) is 0.600. The lowest BCUT2D eigenvalue weighted by Crippen LogP contribution is -2.61. The van der Waals surface area contributed by atoms with Crippen molar-refractivity contribution in [2.75, 3.05) is 23.5 Å². The molecule has 1 fully saturated rings. The third kappa shape index (κ3) is 2.08. The van der Waals surface area contributed by atoms with E-state index in [1.54, 1.807) is 6.26 Å². The van der Waals surface area contributed by atoms with Gasteiger partial charge in [-0.15, -0.1) is 0 Å². The van der Waals surface area contributed by atoms with Crippen LogP contribution in [0.1, 0.15) is 0 Å². The van der Waals surface area contributed by atoms with E-state index < -0.39 is 24.5 Å². The Morgan fingerprint density at radius 2 is 2.21 bits per heavy atom. The van der Waals surface area contributed by atoms with Crippen molar-refractivity contribution >= 4 is 23.3 Å². The van der Waals surface area contributed by atoms with Crippen molar-refractivity contribution in [1.82, 2.24) is 9.97 Å². The number of thioether (sulfide) groups is 1. The predicted octanol–water partition coefficient (Wildman–Crippen LogP) is -1.22. The molecule has 4 atom stereocenters. The number of aliphatic hydroxyl groups excluding tert-OH is 2. The molecule has 0 aromatic carbocycles. The third-order valence-electron chi connectivity index (χ3n) is 3.22. The molecule has 3 heterocycles. The number of hydrogen-bond acceptors (Lipinski definition) is 8. The van der Waals surface area contributed by atoms with Crippen molar-refractivity contribution in [3.8, 4) is 0 Å². The normalized spacial score (nSPS) is 32.8. The summed E-state index contributed by atoms with van der Waals surface area (Å²) in [7, 11) is 0. The van der Waals surface area contributed by atoms with Crippen LogP contribution in [0.15, 0.2) is 9.95 Å². The molecule has 0 spiro atoms. The molecule has 0 unspecified atom stereocenters. The van der Waals surface area contributed by atoms with E-state index in [1.807, 2.05) is 0 Å². The molecule has 2 aliphatic rings. The molecule has 9 heteroatoms. The number of nitrogens with zero attached hydrogens (tertiary/aromatic N) is 1. The Balaban J connectivity index is 1.98. The molecule has 1 saturated heterocycles. The molecule has 0 bridgehead atoms. The monoisotopic (exact) mass is 286 g/mol. The summed E-state index contributed by atoms with van der Waals surface area (Å²) in [6.07, 6.45) is -0.718. The minimum Gasteiger partial charge on any atom is -0.388 e. The molecule has 1 aromatic rings. The van der Waals surface area contributed by atoms with E-state index in [0.717, 1.165) is 0 Å². The van der Waals surface area contributed by atoms with Gasteiger partial charge in [0, 0.05) is 0 Å². The van der Waals surface area contributed by atoms with Crippen LogP contribution in [0.4, 0.5) is 11.5 Å². The number of fused-ring (bicyclic) bond motifs is 2. The summed E-state index contributed by atoms with van der Waals surface area (Å²) in [6.45, 7) is 0.0327. The molecule has 3 rings (SSSR count). The summed E-state index contributed by atoms with van der Waals surface area (Å²) in [6, 6.07) is -0.598. The summed E-state index contributed by atoms with van der Waals surface area (Å²) < 4.78 is 5.39. The maximum absolute atomic E-state index is 11.9. The minimum atomic E-state index is -1.01. The maximum atomic E-state index is 11.9. The van der Waals surface area contributed by atoms with Crippen LogP contribution in [0.25, 0.3) is 0 Å². The van der Waals surface area contributed by atoms with Gasteiger partial charge in [0.05, 0.1) is 12.6 Å². The number of H-pyrrole nitrogens is 1. The van der Waals surface area contributed by atoms with E-state index in [2.05, 4.69) is 20.6 Å². The van der Waals surface area contributed by atoms with E-state index in [1.165, 1.54) is 11.8 Å². The highest BCUT2D eigenvalue weighted by Gasteiger charge is 2.42. The number of aromatic amines is 1. The zero-order valence-corrected chi connectivity index (χ0v) is 10.9. The highest BCUT2D eigenvalue weighted by atomic mass is 32.2. The van der Waals surface area contributed by atoms with Crippen molar-refractivity contribution in [3.05, 3.63) is 10.4 Å². The molecule has 0 aliphatic carbocycles. The second-order valence-corrected chi connectivity index (χ2v) is 5.22. The first-order valence-electron chi connectivity index (χ1n) is 5.79. The lowest BCUT2D eigenvalue weighted by atomic mass is 9.99. The average Bonchev–Trinajstić information content (AvgIpc) is 2.41. The fourth-order valence-electron chi connectivity index (χ4n) is 2.20. The molecule has 0 radical (unpaired) electrons. The SMILES string of the molecule is CSc1nc2c(c(=O)[nH]1)N[C@H]1[C@@H](O)[C@@H](O)CO[C@H]1N2. The van der Waals surface area contributed by atoms with Gasteiger partial charge in [0.2, 0.25) is 0 Å². The van der Waals surface area contributed by atoms with Crippen LogP contribution in [-0.4, -0.2) is 57.5 Å². The number of anilines is 2. The van der Waals surface area contributed by atoms with Crippen molar-refractivity contribution in [2.45, 2.75) is 29.6 Å². The van der Waals surface area contributed by atoms with Crippen molar-refractivity contribution in [1.29, 1.82) is 0 Å². The summed E-state index contributed by atoms with van der Waals surface area (Å²) in [5.41, 5.74) is -0.0802. The van der Waals surface area contributed by atoms with Crippen LogP contribution >= 0.6 is 11.8 Å². The number of aromatic nitrogens is 2. The predicted molar refractivity (Wildman–Crippen MR) is 69.4 cm³/mol. The van der Waals surface area contributed by atoms with Gasteiger partial charge in [-0.05, 0) is 6.26 Å². The Hall–Kier alpha value is -1.29. The first kappa shape index (κ1) is 12.7. The molecule has 19 heavy (non-hydrogen) atoms.